The smallest absolute Gasteiger partial charge is 0.237 e. The molecule has 42 heavy (non-hydrogen) atoms. The minimum Gasteiger partial charge on any atom is -0.339 e. The van der Waals surface area contributed by atoms with E-state index in [2.05, 4.69) is 67.1 Å². The van der Waals surface area contributed by atoms with Crippen LogP contribution in [0.15, 0.2) is 36.7 Å². The van der Waals surface area contributed by atoms with Gasteiger partial charge >= 0.3 is 0 Å². The number of amides is 2. The van der Waals surface area contributed by atoms with Gasteiger partial charge in [-0.1, -0.05) is 30.3 Å². The number of rotatable bonds is 5. The topological polar surface area (TPSA) is 122 Å². The van der Waals surface area contributed by atoms with E-state index >= 15 is 0 Å². The zero-order chi connectivity index (χ0) is 28.8. The van der Waals surface area contributed by atoms with Crippen molar-refractivity contribution in [2.45, 2.75) is 56.7 Å². The molecule has 11 nitrogen and oxygen atoms in total. The highest BCUT2D eigenvalue weighted by molar-refractivity contribution is 5.86. The first-order chi connectivity index (χ1) is 20.4. The molecule has 1 saturated carbocycles. The van der Waals surface area contributed by atoms with Gasteiger partial charge in [-0.3, -0.25) is 24.6 Å². The maximum atomic E-state index is 13.8. The average Bonchev–Trinajstić information content (AvgIpc) is 3.81. The third-order valence-corrected chi connectivity index (χ3v) is 10.3. The Labute approximate surface area is 246 Å². The maximum Gasteiger partial charge on any atom is 0.237 e. The Morgan fingerprint density at radius 2 is 1.93 bits per heavy atom. The van der Waals surface area contributed by atoms with Crippen molar-refractivity contribution in [3.05, 3.63) is 42.2 Å². The van der Waals surface area contributed by atoms with E-state index in [-0.39, 0.29) is 35.2 Å². The van der Waals surface area contributed by atoms with E-state index in [1.54, 1.807) is 11.0 Å². The molecule has 2 N–H and O–H groups in total. The summed E-state index contributed by atoms with van der Waals surface area (Å²) < 4.78 is 1.70. The van der Waals surface area contributed by atoms with Crippen LogP contribution in [0.3, 0.4) is 0 Å². The van der Waals surface area contributed by atoms with Crippen LogP contribution in [0.5, 0.6) is 0 Å². The molecule has 3 saturated heterocycles. The van der Waals surface area contributed by atoms with Gasteiger partial charge in [-0.25, -0.2) is 10.4 Å². The van der Waals surface area contributed by atoms with Crippen molar-refractivity contribution < 1.29 is 9.59 Å². The Kier molecular flexibility index (Phi) is 7.08. The molecule has 11 heteroatoms. The lowest BCUT2D eigenvalue weighted by Gasteiger charge is -2.38. The van der Waals surface area contributed by atoms with E-state index < -0.39 is 0 Å². The fraction of sp³-hybridized carbons (Fsp3) is 0.581. The van der Waals surface area contributed by atoms with Crippen LogP contribution in [0.4, 0.5) is 0 Å². The summed E-state index contributed by atoms with van der Waals surface area (Å²) in [6.45, 7) is 3.94. The van der Waals surface area contributed by atoms with Gasteiger partial charge in [0.05, 0.1) is 18.0 Å². The van der Waals surface area contributed by atoms with Crippen molar-refractivity contribution in [1.82, 2.24) is 40.3 Å². The van der Waals surface area contributed by atoms with Gasteiger partial charge in [-0.2, -0.15) is 10.4 Å². The minimum absolute atomic E-state index is 0.142. The van der Waals surface area contributed by atoms with Crippen LogP contribution in [0.2, 0.25) is 0 Å². The average molecular weight is 570 g/mol. The number of nitriles is 1. The number of fused-ring (bicyclic) bond motifs is 1. The highest BCUT2D eigenvalue weighted by Crippen LogP contribution is 2.44. The minimum atomic E-state index is -0.357. The molecule has 1 spiro atoms. The molecule has 5 atom stereocenters. The zero-order valence-electron chi connectivity index (χ0n) is 24.2. The molecule has 5 heterocycles. The third kappa shape index (κ3) is 4.91. The molecular formula is C31H39N9O2. The largest absolute Gasteiger partial charge is 0.339 e. The normalized spacial score (nSPS) is 31.4. The number of carbonyl (C=O) groups excluding carboxylic acids is 2. The first-order valence-electron chi connectivity index (χ1n) is 15.3. The number of aryl methyl sites for hydroxylation is 1. The molecule has 4 aliphatic heterocycles. The summed E-state index contributed by atoms with van der Waals surface area (Å²) in [7, 11) is 1.86. The fourth-order valence-electron chi connectivity index (χ4n) is 7.87. The number of hydrogen-bond donors (Lipinski definition) is 2. The predicted molar refractivity (Wildman–Crippen MR) is 156 cm³/mol. The van der Waals surface area contributed by atoms with Crippen LogP contribution in [0.25, 0.3) is 17.0 Å². The van der Waals surface area contributed by atoms with Crippen LogP contribution >= 0.6 is 0 Å². The summed E-state index contributed by atoms with van der Waals surface area (Å²) in [4.78, 5) is 37.6. The molecule has 0 radical (unpaired) electrons. The Morgan fingerprint density at radius 1 is 1.12 bits per heavy atom. The Hall–Kier alpha value is -3.59. The molecule has 4 fully saturated rings. The number of nitrogens with zero attached hydrogens (tertiary/aromatic N) is 7. The lowest BCUT2D eigenvalue weighted by atomic mass is 9.78. The lowest BCUT2D eigenvalue weighted by molar-refractivity contribution is -0.139. The van der Waals surface area contributed by atoms with Gasteiger partial charge < -0.3 is 9.80 Å². The number of hydrazine groups is 1. The second-order valence-electron chi connectivity index (χ2n) is 12.8. The van der Waals surface area contributed by atoms with Crippen molar-refractivity contribution in [2.75, 3.05) is 39.3 Å². The number of nitrogens with one attached hydrogen (secondary N) is 2. The molecule has 1 aromatic carbocycles. The van der Waals surface area contributed by atoms with Crippen LogP contribution in [0, 0.1) is 22.7 Å². The quantitative estimate of drug-likeness (QED) is 0.557. The van der Waals surface area contributed by atoms with E-state index in [4.69, 9.17) is 0 Å². The first kappa shape index (κ1) is 27.3. The Balaban J connectivity index is 0.919. The molecule has 5 aliphatic rings. The third-order valence-electron chi connectivity index (χ3n) is 10.3. The SMILES string of the molecule is Cn1cnc(-c2ccc(C3=CCN(C(=O)CN4CC[C@]5(CCN(C6CCC7NNC(C#N)C7C6)C5=O)C4)CC3)cc2)n1. The highest BCUT2D eigenvalue weighted by atomic mass is 16.2. The van der Waals surface area contributed by atoms with Crippen molar-refractivity contribution in [3.63, 3.8) is 0 Å². The van der Waals surface area contributed by atoms with Gasteiger partial charge in [-0.05, 0) is 56.2 Å². The standard InChI is InChI=1S/C31H39N9O2/c1-37-20-33-29(36-37)23-4-2-21(3-5-23)22-8-12-39(13-9-22)28(41)18-38-14-10-31(19-38)11-15-40(30(31)42)24-6-7-26-25(16-24)27(17-32)35-34-26/h2-5,8,20,24-27,34-35H,6-7,9-16,18-19H2,1H3/t24?,25?,26?,27?,31-/m0/s1. The molecule has 2 aromatic rings. The maximum absolute atomic E-state index is 13.8. The monoisotopic (exact) mass is 569 g/mol. The molecule has 0 bridgehead atoms. The number of likely N-dealkylation sites (tertiary alicyclic amines) is 2. The molecule has 220 valence electrons. The predicted octanol–water partition coefficient (Wildman–Crippen LogP) is 1.56. The van der Waals surface area contributed by atoms with Crippen LogP contribution in [-0.2, 0) is 16.6 Å². The number of carbonyl (C=O) groups is 2. The highest BCUT2D eigenvalue weighted by Gasteiger charge is 2.53. The molecule has 7 rings (SSSR count). The van der Waals surface area contributed by atoms with E-state index in [0.29, 0.717) is 38.0 Å². The van der Waals surface area contributed by atoms with E-state index in [1.807, 2.05) is 11.9 Å². The van der Waals surface area contributed by atoms with Gasteiger partial charge in [-0.15, -0.1) is 0 Å². The van der Waals surface area contributed by atoms with Crippen molar-refractivity contribution >= 4 is 17.4 Å². The van der Waals surface area contributed by atoms with Gasteiger partial charge in [0, 0.05) is 56.8 Å². The first-order valence-corrected chi connectivity index (χ1v) is 15.3. The van der Waals surface area contributed by atoms with Crippen LogP contribution < -0.4 is 10.9 Å². The van der Waals surface area contributed by atoms with E-state index in [0.717, 1.165) is 57.2 Å². The summed E-state index contributed by atoms with van der Waals surface area (Å²) in [6, 6.07) is 11.0. The second kappa shape index (κ2) is 10.9. The van der Waals surface area contributed by atoms with Gasteiger partial charge in [0.25, 0.3) is 0 Å². The Bertz CT molecular complexity index is 1430. The summed E-state index contributed by atoms with van der Waals surface area (Å²) in [5.41, 5.74) is 9.46. The summed E-state index contributed by atoms with van der Waals surface area (Å²) in [5.74, 6) is 1.37. The summed E-state index contributed by atoms with van der Waals surface area (Å²) in [6.07, 6.45) is 9.22. The molecule has 4 unspecified atom stereocenters. The van der Waals surface area contributed by atoms with Crippen LogP contribution in [-0.4, -0.2) is 98.7 Å². The van der Waals surface area contributed by atoms with Gasteiger partial charge in [0.2, 0.25) is 11.8 Å². The van der Waals surface area contributed by atoms with Gasteiger partial charge in [0.15, 0.2) is 5.82 Å². The fourth-order valence-corrected chi connectivity index (χ4v) is 7.87. The zero-order valence-corrected chi connectivity index (χ0v) is 24.2. The second-order valence-corrected chi connectivity index (χ2v) is 12.8. The van der Waals surface area contributed by atoms with E-state index in [9.17, 15) is 14.9 Å². The van der Waals surface area contributed by atoms with Crippen LogP contribution in [0.1, 0.15) is 44.1 Å². The van der Waals surface area contributed by atoms with Gasteiger partial charge in [0.1, 0.15) is 12.4 Å². The molecule has 1 aromatic heterocycles. The molecule has 1 aliphatic carbocycles. The summed E-state index contributed by atoms with van der Waals surface area (Å²) >= 11 is 0. The van der Waals surface area contributed by atoms with E-state index in [1.165, 1.54) is 11.1 Å². The number of hydrogen-bond acceptors (Lipinski definition) is 8. The Morgan fingerprint density at radius 3 is 2.67 bits per heavy atom. The number of aromatic nitrogens is 3. The van der Waals surface area contributed by atoms with Crippen molar-refractivity contribution in [1.29, 1.82) is 5.26 Å². The van der Waals surface area contributed by atoms with Crippen molar-refractivity contribution in [3.8, 4) is 17.5 Å². The summed E-state index contributed by atoms with van der Waals surface area (Å²) in [5, 5.41) is 13.9. The lowest BCUT2D eigenvalue weighted by Crippen LogP contribution is -2.48. The molecule has 2 amide bonds. The number of benzene rings is 1. The molecular weight excluding hydrogens is 530 g/mol. The van der Waals surface area contributed by atoms with Crippen molar-refractivity contribution in [2.24, 2.45) is 18.4 Å².